The van der Waals surface area contributed by atoms with Gasteiger partial charge in [0.25, 0.3) is 0 Å². The Kier molecular flexibility index (Phi) is 4.73. The van der Waals surface area contributed by atoms with Gasteiger partial charge in [-0.15, -0.1) is 0 Å². The number of nitrogens with one attached hydrogen (secondary N) is 1. The zero-order valence-electron chi connectivity index (χ0n) is 16.6. The van der Waals surface area contributed by atoms with Crippen LogP contribution in [0.1, 0.15) is 39.4 Å². The number of methoxy groups -OCH3 is 1. The van der Waals surface area contributed by atoms with Crippen LogP contribution in [-0.4, -0.2) is 17.3 Å². The number of benzene rings is 2. The minimum atomic E-state index is -0.356. The van der Waals surface area contributed by atoms with Gasteiger partial charge in [0.1, 0.15) is 17.4 Å². The van der Waals surface area contributed by atoms with E-state index in [0.29, 0.717) is 17.9 Å². The second-order valence-corrected chi connectivity index (χ2v) is 7.11. The van der Waals surface area contributed by atoms with Crippen LogP contribution >= 0.6 is 0 Å². The first-order valence-electron chi connectivity index (χ1n) is 9.37. The van der Waals surface area contributed by atoms with Gasteiger partial charge in [0.2, 0.25) is 11.8 Å². The first-order chi connectivity index (χ1) is 14.0. The van der Waals surface area contributed by atoms with E-state index < -0.39 is 0 Å². The number of aromatic amines is 1. The molecule has 0 radical (unpaired) electrons. The third-order valence-corrected chi connectivity index (χ3v) is 5.55. The van der Waals surface area contributed by atoms with Gasteiger partial charge in [-0.25, -0.2) is 5.10 Å². The minimum Gasteiger partial charge on any atom is -0.496 e. The smallest absolute Gasteiger partial charge is 0.221 e. The molecule has 0 amide bonds. The van der Waals surface area contributed by atoms with Gasteiger partial charge in [0.05, 0.1) is 24.3 Å². The van der Waals surface area contributed by atoms with E-state index in [1.165, 1.54) is 0 Å². The predicted octanol–water partition coefficient (Wildman–Crippen LogP) is 3.84. The average molecular weight is 386 g/mol. The van der Waals surface area contributed by atoms with E-state index in [1.54, 1.807) is 7.11 Å². The molecule has 0 saturated heterocycles. The van der Waals surface area contributed by atoms with Crippen LogP contribution in [0.15, 0.2) is 53.9 Å². The van der Waals surface area contributed by atoms with Crippen LogP contribution in [0.2, 0.25) is 0 Å². The number of nitrogens with two attached hydrogens (primary N) is 1. The van der Waals surface area contributed by atoms with E-state index in [4.69, 9.17) is 15.2 Å². The van der Waals surface area contributed by atoms with Crippen LogP contribution in [0, 0.1) is 25.2 Å². The summed E-state index contributed by atoms with van der Waals surface area (Å²) in [5, 5.41) is 17.3. The molecule has 3 N–H and O–H groups in total. The van der Waals surface area contributed by atoms with Gasteiger partial charge in [-0.2, -0.15) is 10.4 Å². The minimum absolute atomic E-state index is 0.104. The number of nitriles is 1. The molecule has 6 heteroatoms. The maximum atomic E-state index is 9.87. The highest BCUT2D eigenvalue weighted by Gasteiger charge is 2.36. The molecule has 3 aromatic rings. The molecule has 6 nitrogen and oxygen atoms in total. The lowest BCUT2D eigenvalue weighted by atomic mass is 9.80. The van der Waals surface area contributed by atoms with Gasteiger partial charge in [-0.3, -0.25) is 0 Å². The first kappa shape index (κ1) is 18.6. The topological polar surface area (TPSA) is 97.0 Å². The molecule has 1 aliphatic rings. The van der Waals surface area contributed by atoms with Crippen molar-refractivity contribution < 1.29 is 9.47 Å². The monoisotopic (exact) mass is 386 g/mol. The molecular formula is C23H22N4O2. The molecule has 146 valence electrons. The van der Waals surface area contributed by atoms with Crippen molar-refractivity contribution in [3.05, 3.63) is 87.4 Å². The SMILES string of the molecule is COc1ccc(C2C(C#N)=C(N)Oc3[nH]nc(Cc4ccccc4)c32)c(C)c1C. The summed E-state index contributed by atoms with van der Waals surface area (Å²) in [7, 11) is 1.65. The summed E-state index contributed by atoms with van der Waals surface area (Å²) in [6, 6.07) is 16.3. The lowest BCUT2D eigenvalue weighted by molar-refractivity contribution is 0.378. The van der Waals surface area contributed by atoms with Crippen molar-refractivity contribution in [2.45, 2.75) is 26.2 Å². The second-order valence-electron chi connectivity index (χ2n) is 7.11. The molecule has 1 aromatic heterocycles. The number of rotatable bonds is 4. The van der Waals surface area contributed by atoms with E-state index >= 15 is 0 Å². The third kappa shape index (κ3) is 3.11. The van der Waals surface area contributed by atoms with Gasteiger partial charge < -0.3 is 15.2 Å². The quantitative estimate of drug-likeness (QED) is 0.710. The van der Waals surface area contributed by atoms with Crippen molar-refractivity contribution in [3.8, 4) is 17.7 Å². The fourth-order valence-electron chi connectivity index (χ4n) is 3.90. The van der Waals surface area contributed by atoms with Crippen LogP contribution in [0.4, 0.5) is 0 Å². The van der Waals surface area contributed by atoms with Crippen molar-refractivity contribution in [1.29, 1.82) is 5.26 Å². The molecule has 0 fully saturated rings. The number of nitrogens with zero attached hydrogens (tertiary/aromatic N) is 2. The number of aromatic nitrogens is 2. The largest absolute Gasteiger partial charge is 0.496 e. The van der Waals surface area contributed by atoms with E-state index in [1.807, 2.05) is 44.2 Å². The van der Waals surface area contributed by atoms with Gasteiger partial charge in [0, 0.05) is 6.42 Å². The summed E-state index contributed by atoms with van der Waals surface area (Å²) < 4.78 is 11.2. The van der Waals surface area contributed by atoms with Crippen molar-refractivity contribution in [1.82, 2.24) is 10.2 Å². The Balaban J connectivity index is 1.89. The fourth-order valence-corrected chi connectivity index (χ4v) is 3.90. The van der Waals surface area contributed by atoms with Crippen molar-refractivity contribution in [2.75, 3.05) is 7.11 Å². The van der Waals surface area contributed by atoms with Crippen LogP contribution in [0.25, 0.3) is 0 Å². The van der Waals surface area contributed by atoms with Gasteiger partial charge in [-0.05, 0) is 42.2 Å². The third-order valence-electron chi connectivity index (χ3n) is 5.55. The summed E-state index contributed by atoms with van der Waals surface area (Å²) in [5.41, 5.74) is 12.4. The first-order valence-corrected chi connectivity index (χ1v) is 9.37. The van der Waals surface area contributed by atoms with Crippen molar-refractivity contribution >= 4 is 0 Å². The van der Waals surface area contributed by atoms with Crippen molar-refractivity contribution in [2.24, 2.45) is 5.73 Å². The Morgan fingerprint density at radius 1 is 1.17 bits per heavy atom. The number of hydrogen-bond donors (Lipinski definition) is 2. The number of allylic oxidation sites excluding steroid dienone is 1. The van der Waals surface area contributed by atoms with Crippen LogP contribution in [-0.2, 0) is 6.42 Å². The molecule has 29 heavy (non-hydrogen) atoms. The molecular weight excluding hydrogens is 364 g/mol. The number of fused-ring (bicyclic) bond motifs is 1. The lowest BCUT2D eigenvalue weighted by Gasteiger charge is -2.26. The zero-order valence-corrected chi connectivity index (χ0v) is 16.6. The lowest BCUT2D eigenvalue weighted by Crippen LogP contribution is -2.22. The maximum absolute atomic E-state index is 9.87. The predicted molar refractivity (Wildman–Crippen MR) is 110 cm³/mol. The highest BCUT2D eigenvalue weighted by atomic mass is 16.5. The number of ether oxygens (including phenoxy) is 2. The molecule has 1 aliphatic heterocycles. The Morgan fingerprint density at radius 3 is 2.62 bits per heavy atom. The summed E-state index contributed by atoms with van der Waals surface area (Å²) in [4.78, 5) is 0. The highest BCUT2D eigenvalue weighted by Crippen LogP contribution is 2.45. The second kappa shape index (κ2) is 7.36. The summed E-state index contributed by atoms with van der Waals surface area (Å²) in [5.74, 6) is 1.05. The zero-order chi connectivity index (χ0) is 20.5. The Bertz CT molecular complexity index is 1140. The van der Waals surface area contributed by atoms with Gasteiger partial charge in [-0.1, -0.05) is 36.4 Å². The molecule has 0 bridgehead atoms. The normalized spacial score (nSPS) is 15.4. The van der Waals surface area contributed by atoms with E-state index in [0.717, 1.165) is 39.3 Å². The molecule has 0 spiro atoms. The van der Waals surface area contributed by atoms with Crippen LogP contribution in [0.5, 0.6) is 11.6 Å². The summed E-state index contributed by atoms with van der Waals surface area (Å²) in [6.07, 6.45) is 0.624. The Morgan fingerprint density at radius 2 is 1.93 bits per heavy atom. The molecule has 1 unspecified atom stereocenters. The summed E-state index contributed by atoms with van der Waals surface area (Å²) in [6.45, 7) is 4.04. The van der Waals surface area contributed by atoms with Gasteiger partial charge >= 0.3 is 0 Å². The molecule has 0 aliphatic carbocycles. The average Bonchev–Trinajstić information content (AvgIpc) is 3.12. The van der Waals surface area contributed by atoms with Crippen LogP contribution in [0.3, 0.4) is 0 Å². The molecule has 2 heterocycles. The fraction of sp³-hybridized carbons (Fsp3) is 0.217. The Labute approximate surface area is 169 Å². The molecule has 0 saturated carbocycles. The van der Waals surface area contributed by atoms with E-state index in [-0.39, 0.29) is 11.8 Å². The maximum Gasteiger partial charge on any atom is 0.221 e. The highest BCUT2D eigenvalue weighted by molar-refractivity contribution is 5.59. The van der Waals surface area contributed by atoms with Gasteiger partial charge in [0.15, 0.2) is 0 Å². The number of H-pyrrole nitrogens is 1. The molecule has 4 rings (SSSR count). The van der Waals surface area contributed by atoms with Crippen molar-refractivity contribution in [3.63, 3.8) is 0 Å². The van der Waals surface area contributed by atoms with E-state index in [9.17, 15) is 5.26 Å². The summed E-state index contributed by atoms with van der Waals surface area (Å²) >= 11 is 0. The van der Waals surface area contributed by atoms with Crippen LogP contribution < -0.4 is 15.2 Å². The number of hydrogen-bond acceptors (Lipinski definition) is 5. The molecule has 1 atom stereocenters. The molecule has 2 aromatic carbocycles. The standard InChI is InChI=1S/C23H22N4O2/c1-13-14(2)19(28-3)10-9-16(13)20-17(12-24)22(25)29-23-21(20)18(26-27-23)11-15-7-5-4-6-8-15/h4-10,20H,11,25H2,1-3H3,(H,26,27). The Hall–Kier alpha value is -3.72. The van der Waals surface area contributed by atoms with E-state index in [2.05, 4.69) is 28.4 Å².